The quantitative estimate of drug-likeness (QED) is 0.531. The molecule has 0 bridgehead atoms. The fourth-order valence-electron chi connectivity index (χ4n) is 1.23. The van der Waals surface area contributed by atoms with E-state index in [1.54, 1.807) is 0 Å². The van der Waals surface area contributed by atoms with E-state index >= 15 is 0 Å². The Kier molecular flexibility index (Phi) is 0.952. The van der Waals surface area contributed by atoms with Crippen LogP contribution in [0.1, 0.15) is 18.1 Å². The molecule has 0 aliphatic carbocycles. The van der Waals surface area contributed by atoms with Gasteiger partial charge in [-0.1, -0.05) is 6.58 Å². The predicted octanol–water partition coefficient (Wildman–Crippen LogP) is 1.00. The van der Waals surface area contributed by atoms with Crippen LogP contribution in [0.25, 0.3) is 5.57 Å². The number of aromatic nitrogens is 3. The van der Waals surface area contributed by atoms with Crippen molar-refractivity contribution >= 4 is 5.57 Å². The Morgan fingerprint density at radius 1 is 1.60 bits per heavy atom. The third-order valence-electron chi connectivity index (χ3n) is 1.72. The molecule has 0 saturated heterocycles. The van der Waals surface area contributed by atoms with Crippen LogP contribution in [-0.4, -0.2) is 14.8 Å². The SMILES string of the molecule is C=C1CCn2nc(C)nc21. The molecule has 1 aliphatic rings. The summed E-state index contributed by atoms with van der Waals surface area (Å²) in [6, 6.07) is 0. The van der Waals surface area contributed by atoms with Gasteiger partial charge in [0.1, 0.15) is 5.82 Å². The maximum atomic E-state index is 4.22. The Morgan fingerprint density at radius 2 is 2.40 bits per heavy atom. The lowest BCUT2D eigenvalue weighted by Crippen LogP contribution is -1.93. The molecule has 0 fully saturated rings. The topological polar surface area (TPSA) is 30.7 Å². The van der Waals surface area contributed by atoms with Gasteiger partial charge in [0.25, 0.3) is 0 Å². The van der Waals surface area contributed by atoms with Crippen LogP contribution < -0.4 is 0 Å². The lowest BCUT2D eigenvalue weighted by Gasteiger charge is -1.86. The summed E-state index contributed by atoms with van der Waals surface area (Å²) >= 11 is 0. The fraction of sp³-hybridized carbons (Fsp3) is 0.429. The van der Waals surface area contributed by atoms with E-state index in [0.717, 1.165) is 30.2 Å². The number of rotatable bonds is 0. The standard InChI is InChI=1S/C7H9N3/c1-5-3-4-10-7(5)8-6(2)9-10/h1,3-4H2,2H3. The number of hydrogen-bond donors (Lipinski definition) is 0. The summed E-state index contributed by atoms with van der Waals surface area (Å²) in [6.07, 6.45) is 1.01. The second-order valence-corrected chi connectivity index (χ2v) is 2.56. The average molecular weight is 135 g/mol. The largest absolute Gasteiger partial charge is 0.246 e. The van der Waals surface area contributed by atoms with Crippen LogP contribution in [0.15, 0.2) is 6.58 Å². The molecule has 0 spiro atoms. The predicted molar refractivity (Wildman–Crippen MR) is 38.4 cm³/mol. The zero-order chi connectivity index (χ0) is 7.14. The third kappa shape index (κ3) is 0.602. The van der Waals surface area contributed by atoms with Gasteiger partial charge in [0.05, 0.1) is 0 Å². The number of aryl methyl sites for hydroxylation is 2. The number of hydrogen-bond acceptors (Lipinski definition) is 2. The molecule has 1 aromatic rings. The molecule has 3 heteroatoms. The van der Waals surface area contributed by atoms with Crippen molar-refractivity contribution in [2.45, 2.75) is 19.9 Å². The van der Waals surface area contributed by atoms with Crippen LogP contribution in [-0.2, 0) is 6.54 Å². The van der Waals surface area contributed by atoms with Crippen molar-refractivity contribution in [2.24, 2.45) is 0 Å². The summed E-state index contributed by atoms with van der Waals surface area (Å²) in [7, 11) is 0. The molecular formula is C7H9N3. The molecule has 0 aromatic carbocycles. The minimum atomic E-state index is 0.843. The molecule has 10 heavy (non-hydrogen) atoms. The number of fused-ring (bicyclic) bond motifs is 1. The highest BCUT2D eigenvalue weighted by Gasteiger charge is 2.16. The minimum absolute atomic E-state index is 0.843. The molecule has 1 aromatic heterocycles. The van der Waals surface area contributed by atoms with Crippen LogP contribution in [0.5, 0.6) is 0 Å². The molecule has 2 rings (SSSR count). The van der Waals surface area contributed by atoms with E-state index < -0.39 is 0 Å². The zero-order valence-corrected chi connectivity index (χ0v) is 5.96. The van der Waals surface area contributed by atoms with Crippen LogP contribution >= 0.6 is 0 Å². The number of nitrogens with zero attached hydrogens (tertiary/aromatic N) is 3. The van der Waals surface area contributed by atoms with Crippen molar-refractivity contribution in [1.82, 2.24) is 14.8 Å². The lowest BCUT2D eigenvalue weighted by atomic mass is 10.2. The Balaban J connectivity index is 2.59. The molecule has 0 unspecified atom stereocenters. The number of allylic oxidation sites excluding steroid dienone is 1. The van der Waals surface area contributed by atoms with Gasteiger partial charge in [0.15, 0.2) is 5.82 Å². The molecule has 0 radical (unpaired) electrons. The summed E-state index contributed by atoms with van der Waals surface area (Å²) in [6.45, 7) is 6.74. The van der Waals surface area contributed by atoms with Gasteiger partial charge in [-0.05, 0) is 18.9 Å². The van der Waals surface area contributed by atoms with Crippen LogP contribution in [0.4, 0.5) is 0 Å². The van der Waals surface area contributed by atoms with Crippen molar-refractivity contribution in [3.63, 3.8) is 0 Å². The lowest BCUT2D eigenvalue weighted by molar-refractivity contribution is 0.656. The van der Waals surface area contributed by atoms with E-state index in [9.17, 15) is 0 Å². The highest BCUT2D eigenvalue weighted by molar-refractivity contribution is 5.59. The first kappa shape index (κ1) is 5.65. The highest BCUT2D eigenvalue weighted by Crippen LogP contribution is 2.21. The Hall–Kier alpha value is -1.12. The Labute approximate surface area is 59.4 Å². The summed E-state index contributed by atoms with van der Waals surface area (Å²) < 4.78 is 1.91. The fourth-order valence-corrected chi connectivity index (χ4v) is 1.23. The normalized spacial score (nSPS) is 15.9. The second kappa shape index (κ2) is 1.68. The Morgan fingerprint density at radius 3 is 3.10 bits per heavy atom. The minimum Gasteiger partial charge on any atom is -0.246 e. The average Bonchev–Trinajstić information content (AvgIpc) is 2.35. The van der Waals surface area contributed by atoms with E-state index in [1.807, 2.05) is 11.6 Å². The zero-order valence-electron chi connectivity index (χ0n) is 5.96. The summed E-state index contributed by atoms with van der Waals surface area (Å²) in [5, 5.41) is 4.19. The second-order valence-electron chi connectivity index (χ2n) is 2.56. The molecule has 1 aliphatic heterocycles. The van der Waals surface area contributed by atoms with Crippen molar-refractivity contribution in [2.75, 3.05) is 0 Å². The van der Waals surface area contributed by atoms with E-state index in [-0.39, 0.29) is 0 Å². The molecule has 2 heterocycles. The van der Waals surface area contributed by atoms with Crippen molar-refractivity contribution in [3.05, 3.63) is 18.2 Å². The van der Waals surface area contributed by atoms with E-state index in [0.29, 0.717) is 0 Å². The molecule has 52 valence electrons. The maximum Gasteiger partial charge on any atom is 0.153 e. The first-order valence-corrected chi connectivity index (χ1v) is 3.37. The maximum absolute atomic E-state index is 4.22. The monoisotopic (exact) mass is 135 g/mol. The van der Waals surface area contributed by atoms with Gasteiger partial charge in [-0.2, -0.15) is 5.10 Å². The van der Waals surface area contributed by atoms with Gasteiger partial charge >= 0.3 is 0 Å². The first-order valence-electron chi connectivity index (χ1n) is 3.37. The van der Waals surface area contributed by atoms with Gasteiger partial charge in [-0.3, -0.25) is 0 Å². The van der Waals surface area contributed by atoms with Gasteiger partial charge in [-0.15, -0.1) is 0 Å². The smallest absolute Gasteiger partial charge is 0.153 e. The summed E-state index contributed by atoms with van der Waals surface area (Å²) in [5.41, 5.74) is 1.11. The molecular weight excluding hydrogens is 126 g/mol. The van der Waals surface area contributed by atoms with Crippen molar-refractivity contribution in [1.29, 1.82) is 0 Å². The van der Waals surface area contributed by atoms with Crippen molar-refractivity contribution < 1.29 is 0 Å². The van der Waals surface area contributed by atoms with Crippen LogP contribution in [0.3, 0.4) is 0 Å². The van der Waals surface area contributed by atoms with E-state index in [2.05, 4.69) is 16.7 Å². The van der Waals surface area contributed by atoms with Gasteiger partial charge in [0.2, 0.25) is 0 Å². The highest BCUT2D eigenvalue weighted by atomic mass is 15.4. The van der Waals surface area contributed by atoms with Crippen LogP contribution in [0.2, 0.25) is 0 Å². The Bertz CT molecular complexity index is 285. The first-order chi connectivity index (χ1) is 4.77. The van der Waals surface area contributed by atoms with E-state index in [4.69, 9.17) is 0 Å². The van der Waals surface area contributed by atoms with Gasteiger partial charge < -0.3 is 0 Å². The molecule has 0 amide bonds. The molecule has 0 atom stereocenters. The van der Waals surface area contributed by atoms with Crippen LogP contribution in [0, 0.1) is 6.92 Å². The van der Waals surface area contributed by atoms with Gasteiger partial charge in [-0.25, -0.2) is 9.67 Å². The summed E-state index contributed by atoms with van der Waals surface area (Å²) in [4.78, 5) is 4.22. The molecule has 0 N–H and O–H groups in total. The molecule has 3 nitrogen and oxygen atoms in total. The van der Waals surface area contributed by atoms with Crippen molar-refractivity contribution in [3.8, 4) is 0 Å². The third-order valence-corrected chi connectivity index (χ3v) is 1.72. The summed E-state index contributed by atoms with van der Waals surface area (Å²) in [5.74, 6) is 1.81. The van der Waals surface area contributed by atoms with Gasteiger partial charge in [0, 0.05) is 6.54 Å². The molecule has 0 saturated carbocycles. The van der Waals surface area contributed by atoms with E-state index in [1.165, 1.54) is 0 Å².